The Bertz CT molecular complexity index is 1220. The maximum Gasteiger partial charge on any atom is 0.250 e. The zero-order valence-electron chi connectivity index (χ0n) is 16.5. The Balaban J connectivity index is 1.63. The molecule has 0 saturated carbocycles. The first-order valence-corrected chi connectivity index (χ1v) is 10.4. The zero-order chi connectivity index (χ0) is 20.9. The van der Waals surface area contributed by atoms with E-state index < -0.39 is 0 Å². The number of ether oxygens (including phenoxy) is 1. The van der Waals surface area contributed by atoms with Crippen LogP contribution >= 0.6 is 11.3 Å². The van der Waals surface area contributed by atoms with Gasteiger partial charge in [0.1, 0.15) is 5.75 Å². The first kappa shape index (κ1) is 19.8. The van der Waals surface area contributed by atoms with Crippen molar-refractivity contribution in [1.29, 1.82) is 0 Å². The molecule has 0 aliphatic carbocycles. The summed E-state index contributed by atoms with van der Waals surface area (Å²) in [6.07, 6.45) is 1.90. The number of nitrogens with zero attached hydrogens (tertiary/aromatic N) is 3. The van der Waals surface area contributed by atoms with E-state index in [9.17, 15) is 9.59 Å². The number of hydrogen-bond acceptors (Lipinski definition) is 5. The Labute approximate surface area is 178 Å². The van der Waals surface area contributed by atoms with Crippen molar-refractivity contribution in [2.75, 3.05) is 12.0 Å². The quantitative estimate of drug-likeness (QED) is 0.453. The zero-order valence-corrected chi connectivity index (χ0v) is 17.3. The highest BCUT2D eigenvalue weighted by Gasteiger charge is 2.20. The highest BCUT2D eigenvalue weighted by Crippen LogP contribution is 2.32. The van der Waals surface area contributed by atoms with Crippen LogP contribution in [-0.4, -0.2) is 22.6 Å². The van der Waals surface area contributed by atoms with Gasteiger partial charge in [-0.1, -0.05) is 47.7 Å². The van der Waals surface area contributed by atoms with Crippen molar-refractivity contribution in [2.45, 2.75) is 19.5 Å². The van der Waals surface area contributed by atoms with Gasteiger partial charge in [-0.15, -0.1) is 0 Å². The number of benzene rings is 2. The standard InChI is InChI=1S/C23H21N3O3S/c1-29-18-10-11-19-20(15-18)30-23(24-19)26(16-17-7-3-2-4-8-17)22(28)12-14-25-13-6-5-9-21(25)27/h2-11,13,15H,12,14,16H2,1H3. The summed E-state index contributed by atoms with van der Waals surface area (Å²) < 4.78 is 7.80. The van der Waals surface area contributed by atoms with Crippen LogP contribution in [0.1, 0.15) is 12.0 Å². The van der Waals surface area contributed by atoms with Gasteiger partial charge in [-0.2, -0.15) is 0 Å². The molecule has 30 heavy (non-hydrogen) atoms. The fraction of sp³-hybridized carbons (Fsp3) is 0.174. The van der Waals surface area contributed by atoms with Crippen LogP contribution in [0, 0.1) is 0 Å². The number of thiazole rings is 1. The number of carbonyl (C=O) groups excluding carboxylic acids is 1. The summed E-state index contributed by atoms with van der Waals surface area (Å²) in [5.74, 6) is 0.669. The number of aryl methyl sites for hydroxylation is 1. The third-order valence-corrected chi connectivity index (χ3v) is 5.81. The SMILES string of the molecule is COc1ccc2nc(N(Cc3ccccc3)C(=O)CCn3ccccc3=O)sc2c1. The molecular weight excluding hydrogens is 398 g/mol. The summed E-state index contributed by atoms with van der Waals surface area (Å²) >= 11 is 1.45. The maximum atomic E-state index is 13.2. The minimum atomic E-state index is -0.119. The fourth-order valence-electron chi connectivity index (χ4n) is 3.16. The lowest BCUT2D eigenvalue weighted by atomic mass is 10.2. The number of hydrogen-bond donors (Lipinski definition) is 0. The van der Waals surface area contributed by atoms with E-state index >= 15 is 0 Å². The average Bonchev–Trinajstić information content (AvgIpc) is 3.20. The second-order valence-corrected chi connectivity index (χ2v) is 7.79. The Morgan fingerprint density at radius 1 is 1.10 bits per heavy atom. The van der Waals surface area contributed by atoms with Crippen LogP contribution in [0.2, 0.25) is 0 Å². The van der Waals surface area contributed by atoms with Gasteiger partial charge in [-0.05, 0) is 29.8 Å². The minimum Gasteiger partial charge on any atom is -0.497 e. The number of pyridine rings is 1. The van der Waals surface area contributed by atoms with E-state index in [1.807, 2.05) is 48.5 Å². The molecule has 0 atom stereocenters. The lowest BCUT2D eigenvalue weighted by Gasteiger charge is -2.20. The third kappa shape index (κ3) is 4.41. The molecule has 0 aliphatic heterocycles. The summed E-state index contributed by atoms with van der Waals surface area (Å²) in [5.41, 5.74) is 1.72. The molecule has 152 valence electrons. The predicted molar refractivity (Wildman–Crippen MR) is 119 cm³/mol. The van der Waals surface area contributed by atoms with Gasteiger partial charge in [0.15, 0.2) is 5.13 Å². The third-order valence-electron chi connectivity index (χ3n) is 4.77. The van der Waals surface area contributed by atoms with Gasteiger partial charge < -0.3 is 9.30 Å². The molecule has 2 aromatic carbocycles. The highest BCUT2D eigenvalue weighted by molar-refractivity contribution is 7.22. The Morgan fingerprint density at radius 3 is 2.67 bits per heavy atom. The fourth-order valence-corrected chi connectivity index (χ4v) is 4.17. The van der Waals surface area contributed by atoms with Crippen molar-refractivity contribution in [3.05, 3.63) is 88.8 Å². The Morgan fingerprint density at radius 2 is 1.90 bits per heavy atom. The van der Waals surface area contributed by atoms with Gasteiger partial charge in [0.05, 0.1) is 23.9 Å². The van der Waals surface area contributed by atoms with Crippen LogP contribution in [0.4, 0.5) is 5.13 Å². The van der Waals surface area contributed by atoms with E-state index in [2.05, 4.69) is 4.98 Å². The van der Waals surface area contributed by atoms with Crippen LogP contribution in [0.15, 0.2) is 77.7 Å². The van der Waals surface area contributed by atoms with Crippen molar-refractivity contribution in [3.63, 3.8) is 0 Å². The molecule has 0 aliphatic rings. The summed E-state index contributed by atoms with van der Waals surface area (Å²) in [6.45, 7) is 0.739. The normalized spacial score (nSPS) is 10.8. The van der Waals surface area contributed by atoms with Gasteiger partial charge in [-0.25, -0.2) is 4.98 Å². The lowest BCUT2D eigenvalue weighted by molar-refractivity contribution is -0.119. The number of aromatic nitrogens is 2. The van der Waals surface area contributed by atoms with Crippen LogP contribution < -0.4 is 15.2 Å². The van der Waals surface area contributed by atoms with E-state index in [1.54, 1.807) is 34.9 Å². The van der Waals surface area contributed by atoms with Crippen molar-refractivity contribution >= 4 is 32.6 Å². The molecule has 4 rings (SSSR count). The molecule has 2 heterocycles. The molecule has 0 unspecified atom stereocenters. The monoisotopic (exact) mass is 419 g/mol. The molecular formula is C23H21N3O3S. The summed E-state index contributed by atoms with van der Waals surface area (Å²) in [6, 6.07) is 20.5. The number of methoxy groups -OCH3 is 1. The lowest BCUT2D eigenvalue weighted by Crippen LogP contribution is -2.32. The van der Waals surface area contributed by atoms with E-state index in [0.29, 0.717) is 18.2 Å². The van der Waals surface area contributed by atoms with E-state index in [1.165, 1.54) is 17.4 Å². The summed E-state index contributed by atoms with van der Waals surface area (Å²) in [5, 5.41) is 0.632. The van der Waals surface area contributed by atoms with Crippen LogP contribution in [-0.2, 0) is 17.9 Å². The molecule has 0 spiro atoms. The molecule has 0 saturated heterocycles. The molecule has 2 aromatic heterocycles. The first-order valence-electron chi connectivity index (χ1n) is 9.58. The van der Waals surface area contributed by atoms with Crippen molar-refractivity contribution in [2.24, 2.45) is 0 Å². The number of amides is 1. The maximum absolute atomic E-state index is 13.2. The van der Waals surface area contributed by atoms with Gasteiger partial charge in [0.25, 0.3) is 5.56 Å². The van der Waals surface area contributed by atoms with Gasteiger partial charge in [-0.3, -0.25) is 14.5 Å². The molecule has 1 amide bonds. The second-order valence-electron chi connectivity index (χ2n) is 6.78. The number of anilines is 1. The largest absolute Gasteiger partial charge is 0.497 e. The number of rotatable bonds is 7. The van der Waals surface area contributed by atoms with Crippen molar-refractivity contribution in [3.8, 4) is 5.75 Å². The predicted octanol–water partition coefficient (Wildman–Crippen LogP) is 4.09. The topological polar surface area (TPSA) is 64.4 Å². The van der Waals surface area contributed by atoms with E-state index in [0.717, 1.165) is 21.5 Å². The van der Waals surface area contributed by atoms with Gasteiger partial charge >= 0.3 is 0 Å². The molecule has 0 radical (unpaired) electrons. The summed E-state index contributed by atoms with van der Waals surface area (Å²) in [4.78, 5) is 31.5. The smallest absolute Gasteiger partial charge is 0.250 e. The first-order chi connectivity index (χ1) is 14.6. The van der Waals surface area contributed by atoms with Crippen LogP contribution in [0.5, 0.6) is 5.75 Å². The molecule has 7 heteroatoms. The van der Waals surface area contributed by atoms with Crippen LogP contribution in [0.25, 0.3) is 10.2 Å². The highest BCUT2D eigenvalue weighted by atomic mass is 32.1. The summed E-state index contributed by atoms with van der Waals surface area (Å²) in [7, 11) is 1.62. The molecule has 4 aromatic rings. The average molecular weight is 420 g/mol. The number of carbonyl (C=O) groups is 1. The molecule has 0 N–H and O–H groups in total. The van der Waals surface area contributed by atoms with Crippen molar-refractivity contribution in [1.82, 2.24) is 9.55 Å². The van der Waals surface area contributed by atoms with E-state index in [-0.39, 0.29) is 17.9 Å². The molecule has 0 fully saturated rings. The second kappa shape index (κ2) is 8.92. The van der Waals surface area contributed by atoms with Crippen LogP contribution in [0.3, 0.4) is 0 Å². The van der Waals surface area contributed by atoms with E-state index in [4.69, 9.17) is 4.74 Å². The molecule has 0 bridgehead atoms. The molecule has 6 nitrogen and oxygen atoms in total. The Hall–Kier alpha value is -3.45. The minimum absolute atomic E-state index is 0.0828. The number of fused-ring (bicyclic) bond motifs is 1. The van der Waals surface area contributed by atoms with Gasteiger partial charge in [0, 0.05) is 25.2 Å². The van der Waals surface area contributed by atoms with Gasteiger partial charge in [0.2, 0.25) is 5.91 Å². The van der Waals surface area contributed by atoms with Crippen molar-refractivity contribution < 1.29 is 9.53 Å². The Kier molecular flexibility index (Phi) is 5.90.